The molecule has 0 saturated carbocycles. The van der Waals surface area contributed by atoms with Crippen molar-refractivity contribution in [3.8, 4) is 10.0 Å². The van der Waals surface area contributed by atoms with Gasteiger partial charge >= 0.3 is 35.2 Å². The molecule has 0 aliphatic carbocycles. The summed E-state index contributed by atoms with van der Waals surface area (Å²) in [4.78, 5) is 0. The summed E-state index contributed by atoms with van der Waals surface area (Å²) in [6.07, 6.45) is 0. The number of nitrogens with zero attached hydrogens (tertiary/aromatic N) is 2. The van der Waals surface area contributed by atoms with Gasteiger partial charge in [0.15, 0.2) is 0 Å². The number of nitriles is 2. The van der Waals surface area contributed by atoms with Crippen LogP contribution in [-0.4, -0.2) is 0 Å². The summed E-state index contributed by atoms with van der Waals surface area (Å²) < 4.78 is 0. The first-order valence-electron chi connectivity index (χ1n) is 0.781. The molecule has 0 aliphatic heterocycles. The molecular formula is C2CoN2Ti. The fourth-order valence-electron chi connectivity index (χ4n) is 0.0167. The molecule has 6 heavy (non-hydrogen) atoms. The second-order valence-corrected chi connectivity index (χ2v) is 0.958. The molecule has 0 aromatic carbocycles. The van der Waals surface area contributed by atoms with Gasteiger partial charge in [0.05, 0.1) is 0 Å². The standard InChI is InChI=1S/2CN.Co.Ti/c2*1-2;;. The maximum absolute atomic E-state index is 7.58. The molecule has 0 spiro atoms. The topological polar surface area (TPSA) is 47.6 Å². The Morgan fingerprint density at radius 1 is 1.17 bits per heavy atom. The minimum absolute atomic E-state index is 0. The van der Waals surface area contributed by atoms with Gasteiger partial charge in [0.25, 0.3) is 0 Å². The predicted octanol–water partition coefficient (Wildman–Crippen LogP) is 0.0286. The van der Waals surface area contributed by atoms with Crippen LogP contribution in [0.15, 0.2) is 0 Å². The van der Waals surface area contributed by atoms with E-state index >= 15 is 0 Å². The molecule has 0 unspecified atom stereocenters. The maximum atomic E-state index is 7.58. The number of hydrogen-bond acceptors (Lipinski definition) is 2. The van der Waals surface area contributed by atoms with Crippen molar-refractivity contribution in [2.24, 2.45) is 0 Å². The third-order valence-electron chi connectivity index (χ3n) is 0.0745. The van der Waals surface area contributed by atoms with Crippen molar-refractivity contribution in [2.75, 3.05) is 0 Å². The molecule has 0 atom stereocenters. The molecule has 0 aliphatic rings. The van der Waals surface area contributed by atoms with Gasteiger partial charge in [-0.05, 0) is 0 Å². The van der Waals surface area contributed by atoms with Gasteiger partial charge in [-0.15, -0.1) is 0 Å². The number of rotatable bonds is 0. The Bertz CT molecular complexity index is 76.7. The minimum Gasteiger partial charge on any atom is 0 e. The van der Waals surface area contributed by atoms with Crippen LogP contribution < -0.4 is 0 Å². The fraction of sp³-hybridized carbons (Fsp3) is 0. The predicted molar refractivity (Wildman–Crippen MR) is 11.2 cm³/mol. The van der Waals surface area contributed by atoms with Crippen LogP contribution in [0.4, 0.5) is 0 Å². The van der Waals surface area contributed by atoms with Crippen LogP contribution in [0.1, 0.15) is 0 Å². The molecule has 0 radical (unpaired) electrons. The van der Waals surface area contributed by atoms with E-state index in [0.717, 1.165) is 0 Å². The zero-order valence-corrected chi connectivity index (χ0v) is 5.33. The summed E-state index contributed by atoms with van der Waals surface area (Å²) in [7, 11) is 0. The molecule has 0 aromatic heterocycles. The van der Waals surface area contributed by atoms with E-state index in [9.17, 15) is 0 Å². The van der Waals surface area contributed by atoms with Crippen LogP contribution >= 0.6 is 0 Å². The van der Waals surface area contributed by atoms with Gasteiger partial charge in [-0.2, -0.15) is 0 Å². The van der Waals surface area contributed by atoms with E-state index in [1.165, 1.54) is 0 Å². The maximum Gasteiger partial charge on any atom is 0 e. The first kappa shape index (κ1) is 9.50. The van der Waals surface area contributed by atoms with Crippen molar-refractivity contribution < 1.29 is 36.4 Å². The average Bonchev–Trinajstić information content (AvgIpc) is 1.41. The molecule has 0 rings (SSSR count). The van der Waals surface area contributed by atoms with E-state index in [1.54, 1.807) is 10.0 Å². The summed E-state index contributed by atoms with van der Waals surface area (Å²) in [5, 5.41) is 18.4. The molecule has 4 heteroatoms. The minimum atomic E-state index is 0. The Kier molecular flexibility index (Phi) is 14.2. The summed E-state index contributed by atoms with van der Waals surface area (Å²) in [6.45, 7) is 0. The van der Waals surface area contributed by atoms with Gasteiger partial charge in [0, 0.05) is 21.7 Å². The van der Waals surface area contributed by atoms with Gasteiger partial charge < -0.3 is 0 Å². The molecule has 0 heterocycles. The largest absolute Gasteiger partial charge is 0 e. The molecular weight excluding hydrogens is 159 g/mol. The molecule has 0 fully saturated rings. The molecule has 2 nitrogen and oxygen atoms in total. The Morgan fingerprint density at radius 3 is 1.50 bits per heavy atom. The fourth-order valence-corrected chi connectivity index (χ4v) is 0.0687. The van der Waals surface area contributed by atoms with E-state index in [4.69, 9.17) is 10.5 Å². The average molecular weight is 159 g/mol. The second-order valence-electron chi connectivity index (χ2n) is 0.232. The van der Waals surface area contributed by atoms with Gasteiger partial charge in [-0.25, -0.2) is 0 Å². The van der Waals surface area contributed by atoms with Crippen molar-refractivity contribution in [2.45, 2.75) is 0 Å². The molecule has 0 N–H and O–H groups in total. The quantitative estimate of drug-likeness (QED) is 0.468. The van der Waals surface area contributed by atoms with Crippen LogP contribution in [0.25, 0.3) is 0 Å². The van der Waals surface area contributed by atoms with Crippen LogP contribution in [0, 0.1) is 20.5 Å². The van der Waals surface area contributed by atoms with Gasteiger partial charge in [0.1, 0.15) is 0 Å². The molecule has 31 valence electrons. The Hall–Kier alpha value is 0.201. The molecule has 0 aromatic rings. The molecule has 0 amide bonds. The summed E-state index contributed by atoms with van der Waals surface area (Å²) in [5.74, 6) is 0. The van der Waals surface area contributed by atoms with Crippen molar-refractivity contribution >= 4 is 0 Å². The van der Waals surface area contributed by atoms with Crippen LogP contribution in [0.3, 0.4) is 0 Å². The summed E-state index contributed by atoms with van der Waals surface area (Å²) in [6, 6.07) is 0. The van der Waals surface area contributed by atoms with Crippen molar-refractivity contribution in [3.05, 3.63) is 0 Å². The Morgan fingerprint density at radius 2 is 1.50 bits per heavy atom. The number of hydrogen-bond donors (Lipinski definition) is 0. The SMILES string of the molecule is N#[C][Co][C]#N.[Ti]. The van der Waals surface area contributed by atoms with Crippen LogP contribution in [0.2, 0.25) is 0 Å². The van der Waals surface area contributed by atoms with Gasteiger partial charge in [0.2, 0.25) is 0 Å². The molecule has 0 saturated heterocycles. The first-order chi connectivity index (χ1) is 2.41. The van der Waals surface area contributed by atoms with Gasteiger partial charge in [-0.1, -0.05) is 0 Å². The smallest absolute Gasteiger partial charge is 0 e. The van der Waals surface area contributed by atoms with Crippen LogP contribution in [-0.2, 0) is 36.4 Å². The van der Waals surface area contributed by atoms with E-state index in [-0.39, 0.29) is 36.4 Å². The van der Waals surface area contributed by atoms with Crippen molar-refractivity contribution in [1.29, 1.82) is 10.5 Å². The van der Waals surface area contributed by atoms with E-state index in [1.807, 2.05) is 0 Å². The Labute approximate surface area is 57.0 Å². The van der Waals surface area contributed by atoms with Crippen molar-refractivity contribution in [3.63, 3.8) is 0 Å². The molecule has 0 bridgehead atoms. The van der Waals surface area contributed by atoms with Gasteiger partial charge in [-0.3, -0.25) is 0 Å². The summed E-state index contributed by atoms with van der Waals surface area (Å²) >= 11 is 0.215. The second kappa shape index (κ2) is 8.96. The normalized spacial score (nSPS) is 4.33. The summed E-state index contributed by atoms with van der Waals surface area (Å²) in [5.41, 5.74) is 0. The van der Waals surface area contributed by atoms with Crippen LogP contribution in [0.5, 0.6) is 0 Å². The van der Waals surface area contributed by atoms with E-state index in [0.29, 0.717) is 0 Å². The zero-order valence-electron chi connectivity index (χ0n) is 2.73. The van der Waals surface area contributed by atoms with E-state index < -0.39 is 0 Å². The monoisotopic (exact) mass is 159 g/mol. The van der Waals surface area contributed by atoms with E-state index in [2.05, 4.69) is 0 Å². The Balaban J connectivity index is 0. The first-order valence-corrected chi connectivity index (χ1v) is 1.82. The zero-order chi connectivity index (χ0) is 4.12. The third kappa shape index (κ3) is 8.89. The third-order valence-corrected chi connectivity index (χ3v) is 0.307. The van der Waals surface area contributed by atoms with Crippen molar-refractivity contribution in [1.82, 2.24) is 0 Å².